The Hall–Kier alpha value is -2.03. The van der Waals surface area contributed by atoms with E-state index in [0.717, 1.165) is 21.3 Å². The Morgan fingerprint density at radius 3 is 2.76 bits per heavy atom. The van der Waals surface area contributed by atoms with Crippen LogP contribution in [0.5, 0.6) is 5.75 Å². The van der Waals surface area contributed by atoms with E-state index in [9.17, 15) is 4.79 Å². The Bertz CT molecular complexity index is 1040. The van der Waals surface area contributed by atoms with Crippen molar-refractivity contribution in [1.82, 2.24) is 14.8 Å². The molecule has 3 aromatic rings. The molecule has 0 unspecified atom stereocenters. The Morgan fingerprint density at radius 2 is 2.07 bits per heavy atom. The zero-order valence-corrected chi connectivity index (χ0v) is 19.4. The van der Waals surface area contributed by atoms with E-state index in [1.165, 1.54) is 11.8 Å². The molecule has 9 heteroatoms. The van der Waals surface area contributed by atoms with Gasteiger partial charge in [0.15, 0.2) is 11.0 Å². The molecule has 152 valence electrons. The maximum Gasteiger partial charge on any atom is 0.234 e. The summed E-state index contributed by atoms with van der Waals surface area (Å²) >= 11 is 10.9. The summed E-state index contributed by atoms with van der Waals surface area (Å²) in [7, 11) is 1.60. The van der Waals surface area contributed by atoms with Crippen molar-refractivity contribution >= 4 is 50.9 Å². The largest absolute Gasteiger partial charge is 0.496 e. The lowest BCUT2D eigenvalue weighted by Crippen LogP contribution is -2.14. The van der Waals surface area contributed by atoms with Crippen LogP contribution in [0.25, 0.3) is 11.4 Å². The second-order valence-corrected chi connectivity index (χ2v) is 8.43. The van der Waals surface area contributed by atoms with Crippen LogP contribution in [0.15, 0.2) is 46.0 Å². The summed E-state index contributed by atoms with van der Waals surface area (Å²) in [5.74, 6) is 1.43. The van der Waals surface area contributed by atoms with Crippen molar-refractivity contribution in [1.29, 1.82) is 0 Å². The minimum Gasteiger partial charge on any atom is -0.496 e. The molecule has 0 radical (unpaired) electrons. The number of methoxy groups -OCH3 is 1. The van der Waals surface area contributed by atoms with E-state index < -0.39 is 0 Å². The summed E-state index contributed by atoms with van der Waals surface area (Å²) in [6, 6.07) is 11.1. The Kier molecular flexibility index (Phi) is 7.21. The Labute approximate surface area is 187 Å². The van der Waals surface area contributed by atoms with Gasteiger partial charge < -0.3 is 14.6 Å². The number of anilines is 1. The highest BCUT2D eigenvalue weighted by atomic mass is 79.9. The molecule has 0 fully saturated rings. The molecule has 0 spiro atoms. The van der Waals surface area contributed by atoms with Crippen LogP contribution in [0.2, 0.25) is 5.02 Å². The fourth-order valence-corrected chi connectivity index (χ4v) is 4.01. The van der Waals surface area contributed by atoms with Crippen LogP contribution >= 0.6 is 39.3 Å². The lowest BCUT2D eigenvalue weighted by molar-refractivity contribution is -0.113. The molecule has 3 rings (SSSR count). The van der Waals surface area contributed by atoms with Crippen molar-refractivity contribution in [3.8, 4) is 17.1 Å². The summed E-state index contributed by atoms with van der Waals surface area (Å²) in [5.41, 5.74) is 2.58. The van der Waals surface area contributed by atoms with Gasteiger partial charge in [0.2, 0.25) is 5.91 Å². The van der Waals surface area contributed by atoms with Gasteiger partial charge in [0, 0.05) is 21.7 Å². The van der Waals surface area contributed by atoms with Gasteiger partial charge in [0.1, 0.15) is 5.75 Å². The zero-order chi connectivity index (χ0) is 21.0. The molecule has 29 heavy (non-hydrogen) atoms. The summed E-state index contributed by atoms with van der Waals surface area (Å²) in [6.45, 7) is 4.62. The van der Waals surface area contributed by atoms with E-state index in [1.807, 2.05) is 36.6 Å². The first kappa shape index (κ1) is 21.7. The van der Waals surface area contributed by atoms with Gasteiger partial charge in [0.05, 0.1) is 18.4 Å². The van der Waals surface area contributed by atoms with Crippen LogP contribution in [-0.2, 0) is 11.3 Å². The number of carbonyl (C=O) groups is 1. The molecular weight excluding hydrogens is 476 g/mol. The highest BCUT2D eigenvalue weighted by Crippen LogP contribution is 2.33. The monoisotopic (exact) mass is 494 g/mol. The van der Waals surface area contributed by atoms with Gasteiger partial charge in [-0.05, 0) is 55.8 Å². The summed E-state index contributed by atoms with van der Waals surface area (Å²) < 4.78 is 8.38. The number of carbonyl (C=O) groups excluding carboxylic acids is 1. The number of thioether (sulfide) groups is 1. The highest BCUT2D eigenvalue weighted by molar-refractivity contribution is 9.10. The van der Waals surface area contributed by atoms with Crippen molar-refractivity contribution in [2.45, 2.75) is 25.5 Å². The highest BCUT2D eigenvalue weighted by Gasteiger charge is 2.18. The van der Waals surface area contributed by atoms with E-state index in [1.54, 1.807) is 25.3 Å². The van der Waals surface area contributed by atoms with E-state index in [0.29, 0.717) is 28.3 Å². The Balaban J connectivity index is 1.75. The average Bonchev–Trinajstić information content (AvgIpc) is 3.12. The predicted octanol–water partition coefficient (Wildman–Crippen LogP) is 5.43. The van der Waals surface area contributed by atoms with Crippen LogP contribution in [0.3, 0.4) is 0 Å². The molecular formula is C20H20BrClN4O2S. The first-order valence-electron chi connectivity index (χ1n) is 8.88. The van der Waals surface area contributed by atoms with Crippen molar-refractivity contribution < 1.29 is 9.53 Å². The molecule has 2 aromatic carbocycles. The number of halogens is 2. The fraction of sp³-hybridized carbons (Fsp3) is 0.250. The number of hydrogen-bond acceptors (Lipinski definition) is 5. The normalized spacial score (nSPS) is 10.8. The zero-order valence-electron chi connectivity index (χ0n) is 16.2. The molecule has 0 saturated heterocycles. The third-order valence-corrected chi connectivity index (χ3v) is 6.30. The van der Waals surface area contributed by atoms with Gasteiger partial charge in [-0.2, -0.15) is 0 Å². The molecule has 0 saturated carbocycles. The Morgan fingerprint density at radius 1 is 1.28 bits per heavy atom. The smallest absolute Gasteiger partial charge is 0.234 e. The first-order chi connectivity index (χ1) is 13.9. The fourth-order valence-electron chi connectivity index (χ4n) is 2.78. The minimum absolute atomic E-state index is 0.107. The summed E-state index contributed by atoms with van der Waals surface area (Å²) in [6.07, 6.45) is 0. The molecule has 6 nitrogen and oxygen atoms in total. The molecule has 0 aliphatic heterocycles. The number of hydrogen-bond donors (Lipinski definition) is 1. The molecule has 1 heterocycles. The molecule has 1 aromatic heterocycles. The third kappa shape index (κ3) is 5.12. The maximum atomic E-state index is 12.4. The van der Waals surface area contributed by atoms with Gasteiger partial charge in [-0.25, -0.2) is 0 Å². The average molecular weight is 496 g/mol. The standard InChI is InChI=1S/C20H20BrClN4O2S/c1-4-26-19(15-10-13(22)5-8-17(15)28-3)24-25-20(26)29-11-18(27)23-14-6-7-16(21)12(2)9-14/h5-10H,4,11H2,1-3H3,(H,23,27). The van der Waals surface area contributed by atoms with Gasteiger partial charge >= 0.3 is 0 Å². The SMILES string of the molecule is CCn1c(SCC(=O)Nc2ccc(Br)c(C)c2)nnc1-c1cc(Cl)ccc1OC. The number of nitrogens with one attached hydrogen (secondary N) is 1. The molecule has 1 amide bonds. The van der Waals surface area contributed by atoms with Gasteiger partial charge in [-0.1, -0.05) is 39.3 Å². The van der Waals surface area contributed by atoms with Gasteiger partial charge in [0.25, 0.3) is 0 Å². The topological polar surface area (TPSA) is 69.0 Å². The second-order valence-electron chi connectivity index (χ2n) is 6.20. The van der Waals surface area contributed by atoms with E-state index >= 15 is 0 Å². The molecule has 0 aliphatic carbocycles. The van der Waals surface area contributed by atoms with Crippen molar-refractivity contribution in [2.24, 2.45) is 0 Å². The first-order valence-corrected chi connectivity index (χ1v) is 11.0. The van der Waals surface area contributed by atoms with Crippen LogP contribution in [0, 0.1) is 6.92 Å². The lowest BCUT2D eigenvalue weighted by atomic mass is 10.2. The number of aryl methyl sites for hydroxylation is 1. The van der Waals surface area contributed by atoms with Gasteiger partial charge in [-0.15, -0.1) is 10.2 Å². The molecule has 0 aliphatic rings. The van der Waals surface area contributed by atoms with Crippen molar-refractivity contribution in [3.05, 3.63) is 51.5 Å². The quantitative estimate of drug-likeness (QED) is 0.443. The minimum atomic E-state index is -0.107. The number of nitrogens with zero attached hydrogens (tertiary/aromatic N) is 3. The predicted molar refractivity (Wildman–Crippen MR) is 121 cm³/mol. The number of benzene rings is 2. The third-order valence-electron chi connectivity index (χ3n) is 4.21. The molecule has 1 N–H and O–H groups in total. The van der Waals surface area contributed by atoms with Crippen LogP contribution in [-0.4, -0.2) is 33.5 Å². The van der Waals surface area contributed by atoms with E-state index in [2.05, 4.69) is 31.4 Å². The van der Waals surface area contributed by atoms with Crippen LogP contribution in [0.1, 0.15) is 12.5 Å². The summed E-state index contributed by atoms with van der Waals surface area (Å²) in [5, 5.41) is 12.7. The van der Waals surface area contributed by atoms with E-state index in [-0.39, 0.29) is 11.7 Å². The lowest BCUT2D eigenvalue weighted by Gasteiger charge is -2.11. The van der Waals surface area contributed by atoms with E-state index in [4.69, 9.17) is 16.3 Å². The second kappa shape index (κ2) is 9.65. The number of ether oxygens (including phenoxy) is 1. The molecule has 0 bridgehead atoms. The number of rotatable bonds is 7. The number of aromatic nitrogens is 3. The summed E-state index contributed by atoms with van der Waals surface area (Å²) in [4.78, 5) is 12.4. The van der Waals surface area contributed by atoms with Crippen LogP contribution < -0.4 is 10.1 Å². The van der Waals surface area contributed by atoms with Crippen LogP contribution in [0.4, 0.5) is 5.69 Å². The number of amides is 1. The van der Waals surface area contributed by atoms with Gasteiger partial charge in [-0.3, -0.25) is 4.79 Å². The van der Waals surface area contributed by atoms with Crippen molar-refractivity contribution in [3.63, 3.8) is 0 Å². The van der Waals surface area contributed by atoms with Crippen molar-refractivity contribution in [2.75, 3.05) is 18.2 Å². The molecule has 0 atom stereocenters. The maximum absolute atomic E-state index is 12.4.